The van der Waals surface area contributed by atoms with Gasteiger partial charge in [0.15, 0.2) is 16.5 Å². The average Bonchev–Trinajstić information content (AvgIpc) is 3.00. The molecule has 1 aliphatic heterocycles. The van der Waals surface area contributed by atoms with Gasteiger partial charge in [0, 0.05) is 0 Å². The molecule has 0 amide bonds. The Hall–Kier alpha value is -1.83. The Morgan fingerprint density at radius 1 is 1.61 bits per heavy atom. The molecule has 0 saturated carbocycles. The predicted octanol–water partition coefficient (Wildman–Crippen LogP) is -0.199. The van der Waals surface area contributed by atoms with Crippen LogP contribution in [0.2, 0.25) is 0 Å². The molecular formula is C14H16N4O4S. The topological polar surface area (TPSA) is 116 Å². The molecule has 3 rings (SSSR count). The van der Waals surface area contributed by atoms with Crippen LogP contribution in [0.5, 0.6) is 0 Å². The summed E-state index contributed by atoms with van der Waals surface area (Å²) in [6.45, 7) is 3.17. The lowest BCUT2D eigenvalue weighted by molar-refractivity contribution is -0.0847. The summed E-state index contributed by atoms with van der Waals surface area (Å²) >= 11 is 5.16. The maximum atomic E-state index is 10.7. The number of nitrogens with one attached hydrogen (secondary N) is 1. The first-order valence-electron chi connectivity index (χ1n) is 6.94. The van der Waals surface area contributed by atoms with E-state index in [1.54, 1.807) is 6.92 Å². The molecule has 1 aliphatic rings. The number of aromatic nitrogens is 4. The van der Waals surface area contributed by atoms with Crippen LogP contribution in [0.4, 0.5) is 0 Å². The van der Waals surface area contributed by atoms with Crippen molar-refractivity contribution >= 4 is 23.4 Å². The van der Waals surface area contributed by atoms with Gasteiger partial charge in [-0.05, 0) is 13.8 Å². The zero-order chi connectivity index (χ0) is 16.9. The van der Waals surface area contributed by atoms with E-state index >= 15 is 0 Å². The third-order valence-corrected chi connectivity index (χ3v) is 4.23. The van der Waals surface area contributed by atoms with E-state index in [-0.39, 0.29) is 0 Å². The van der Waals surface area contributed by atoms with Crippen molar-refractivity contribution in [2.45, 2.75) is 44.0 Å². The molecule has 4 N–H and O–H groups in total. The van der Waals surface area contributed by atoms with E-state index in [0.717, 1.165) is 0 Å². The highest BCUT2D eigenvalue weighted by Gasteiger charge is 2.57. The quantitative estimate of drug-likeness (QED) is 0.443. The van der Waals surface area contributed by atoms with Gasteiger partial charge in [-0.3, -0.25) is 4.57 Å². The number of fused-ring (bicyclic) bond motifs is 1. The minimum Gasteiger partial charge on any atom is -0.391 e. The van der Waals surface area contributed by atoms with E-state index in [1.807, 2.05) is 0 Å². The van der Waals surface area contributed by atoms with E-state index in [4.69, 9.17) is 23.4 Å². The van der Waals surface area contributed by atoms with Gasteiger partial charge in [-0.1, -0.05) is 18.1 Å². The zero-order valence-electron chi connectivity index (χ0n) is 12.5. The van der Waals surface area contributed by atoms with Crippen molar-refractivity contribution in [2.24, 2.45) is 0 Å². The van der Waals surface area contributed by atoms with Crippen molar-refractivity contribution in [3.05, 3.63) is 16.8 Å². The molecule has 8 nitrogen and oxygen atoms in total. The van der Waals surface area contributed by atoms with Crippen LogP contribution in [0, 0.1) is 23.9 Å². The summed E-state index contributed by atoms with van der Waals surface area (Å²) in [5, 5.41) is 30.7. The summed E-state index contributed by atoms with van der Waals surface area (Å²) in [6.07, 6.45) is 2.16. The van der Waals surface area contributed by atoms with E-state index in [1.165, 1.54) is 17.8 Å². The molecular weight excluding hydrogens is 320 g/mol. The third kappa shape index (κ3) is 2.27. The van der Waals surface area contributed by atoms with Crippen LogP contribution in [0.25, 0.3) is 11.2 Å². The molecule has 0 spiro atoms. The molecule has 1 unspecified atom stereocenters. The fourth-order valence-corrected chi connectivity index (χ4v) is 3.05. The zero-order valence-corrected chi connectivity index (χ0v) is 13.3. The van der Waals surface area contributed by atoms with Crippen molar-refractivity contribution in [2.75, 3.05) is 0 Å². The molecule has 3 heterocycles. The van der Waals surface area contributed by atoms with Gasteiger partial charge < -0.3 is 25.0 Å². The molecule has 0 aromatic carbocycles. The number of aryl methyl sites for hydroxylation is 1. The standard InChI is InChI=1S/C14H16N4O4S/c1-4-14(21)10(20)9(6(2)19)22-13(14)18-5-15-8-11(18)16-7(3)17-12(8)23/h1,5-6,9-10,13,19-21H,2-3H3,(H,16,17,23)/t6-,9+,10-,13+,14?/m0/s1. The van der Waals surface area contributed by atoms with Crippen LogP contribution in [0.15, 0.2) is 6.33 Å². The molecule has 0 aliphatic carbocycles. The van der Waals surface area contributed by atoms with Crippen LogP contribution >= 0.6 is 12.2 Å². The Morgan fingerprint density at radius 3 is 2.91 bits per heavy atom. The number of hydrogen-bond acceptors (Lipinski definition) is 7. The van der Waals surface area contributed by atoms with Crippen molar-refractivity contribution < 1.29 is 20.1 Å². The minimum absolute atomic E-state index is 0.296. The summed E-state index contributed by atoms with van der Waals surface area (Å²) in [6, 6.07) is 0. The highest BCUT2D eigenvalue weighted by atomic mass is 32.1. The smallest absolute Gasteiger partial charge is 0.199 e. The lowest BCUT2D eigenvalue weighted by Crippen LogP contribution is -2.47. The van der Waals surface area contributed by atoms with Gasteiger partial charge in [0.25, 0.3) is 0 Å². The van der Waals surface area contributed by atoms with Gasteiger partial charge in [-0.25, -0.2) is 9.97 Å². The predicted molar refractivity (Wildman–Crippen MR) is 82.8 cm³/mol. The number of aromatic amines is 1. The van der Waals surface area contributed by atoms with E-state index < -0.39 is 30.1 Å². The molecule has 5 atom stereocenters. The fraction of sp³-hybridized carbons (Fsp3) is 0.500. The van der Waals surface area contributed by atoms with E-state index in [2.05, 4.69) is 20.9 Å². The Morgan fingerprint density at radius 2 is 2.30 bits per heavy atom. The first kappa shape index (κ1) is 16.0. The van der Waals surface area contributed by atoms with Crippen LogP contribution in [0.1, 0.15) is 19.0 Å². The number of ether oxygens (including phenoxy) is 1. The summed E-state index contributed by atoms with van der Waals surface area (Å²) in [5.41, 5.74) is -1.15. The summed E-state index contributed by atoms with van der Waals surface area (Å²) in [4.78, 5) is 11.3. The number of H-pyrrole nitrogens is 1. The van der Waals surface area contributed by atoms with Gasteiger partial charge in [0.2, 0.25) is 0 Å². The number of rotatable bonds is 2. The second kappa shape index (κ2) is 5.36. The molecule has 1 fully saturated rings. The Bertz CT molecular complexity index is 855. The number of terminal acetylenes is 1. The number of aliphatic hydroxyl groups is 3. The van der Waals surface area contributed by atoms with Crippen LogP contribution < -0.4 is 0 Å². The first-order valence-corrected chi connectivity index (χ1v) is 7.35. The largest absolute Gasteiger partial charge is 0.391 e. The molecule has 1 saturated heterocycles. The maximum Gasteiger partial charge on any atom is 0.199 e. The van der Waals surface area contributed by atoms with E-state index in [9.17, 15) is 15.3 Å². The maximum absolute atomic E-state index is 10.7. The molecule has 122 valence electrons. The van der Waals surface area contributed by atoms with Crippen molar-refractivity contribution in [3.63, 3.8) is 0 Å². The number of hydrogen-bond donors (Lipinski definition) is 4. The van der Waals surface area contributed by atoms with Crippen LogP contribution in [0.3, 0.4) is 0 Å². The normalized spacial score (nSPS) is 32.1. The Balaban J connectivity index is 2.18. The molecule has 9 heteroatoms. The summed E-state index contributed by atoms with van der Waals surface area (Å²) in [7, 11) is 0. The van der Waals surface area contributed by atoms with Crippen LogP contribution in [-0.4, -0.2) is 58.8 Å². The summed E-state index contributed by atoms with van der Waals surface area (Å²) < 4.78 is 7.38. The first-order chi connectivity index (χ1) is 10.8. The molecule has 2 aromatic heterocycles. The van der Waals surface area contributed by atoms with Gasteiger partial charge in [-0.2, -0.15) is 0 Å². The Kier molecular flexibility index (Phi) is 3.74. The third-order valence-electron chi connectivity index (χ3n) is 3.95. The average molecular weight is 336 g/mol. The van der Waals surface area contributed by atoms with Crippen molar-refractivity contribution in [3.8, 4) is 12.3 Å². The molecule has 0 radical (unpaired) electrons. The van der Waals surface area contributed by atoms with Crippen molar-refractivity contribution in [1.29, 1.82) is 0 Å². The number of nitrogens with zero attached hydrogens (tertiary/aromatic N) is 3. The van der Waals surface area contributed by atoms with Gasteiger partial charge in [-0.15, -0.1) is 6.42 Å². The number of aliphatic hydroxyl groups excluding tert-OH is 2. The van der Waals surface area contributed by atoms with Gasteiger partial charge in [0.05, 0.1) is 12.4 Å². The lowest BCUT2D eigenvalue weighted by atomic mass is 9.93. The van der Waals surface area contributed by atoms with Crippen LogP contribution in [-0.2, 0) is 4.74 Å². The lowest BCUT2D eigenvalue weighted by Gasteiger charge is -2.26. The van der Waals surface area contributed by atoms with Gasteiger partial charge in [0.1, 0.15) is 29.2 Å². The van der Waals surface area contributed by atoms with Gasteiger partial charge >= 0.3 is 0 Å². The molecule has 0 bridgehead atoms. The minimum atomic E-state index is -2.03. The fourth-order valence-electron chi connectivity index (χ4n) is 2.76. The molecule has 2 aromatic rings. The number of imidazole rings is 1. The monoisotopic (exact) mass is 336 g/mol. The van der Waals surface area contributed by atoms with Crippen molar-refractivity contribution in [1.82, 2.24) is 19.5 Å². The summed E-state index contributed by atoms with van der Waals surface area (Å²) in [5.74, 6) is 2.73. The Labute approximate surface area is 136 Å². The molecule has 23 heavy (non-hydrogen) atoms. The SMILES string of the molecule is C#CC1(O)[C@@H](O)[C@@H]([C@H](C)O)O[C@H]1n1cnc2c(=S)nc(C)[nH]c21. The second-order valence-corrected chi connectivity index (χ2v) is 5.97. The van der Waals surface area contributed by atoms with E-state index in [0.29, 0.717) is 21.6 Å². The highest BCUT2D eigenvalue weighted by Crippen LogP contribution is 2.40. The second-order valence-electron chi connectivity index (χ2n) is 5.58. The highest BCUT2D eigenvalue weighted by molar-refractivity contribution is 7.71.